The van der Waals surface area contributed by atoms with Gasteiger partial charge in [-0.15, -0.1) is 0 Å². The van der Waals surface area contributed by atoms with Gasteiger partial charge in [-0.05, 0) is 42.4 Å². The van der Waals surface area contributed by atoms with Gasteiger partial charge in [-0.2, -0.15) is 0 Å². The van der Waals surface area contributed by atoms with E-state index in [9.17, 15) is 19.2 Å². The van der Waals surface area contributed by atoms with E-state index < -0.39 is 23.0 Å². The van der Waals surface area contributed by atoms with E-state index in [1.807, 2.05) is 6.92 Å². The minimum absolute atomic E-state index is 0.0345. The third-order valence-corrected chi connectivity index (χ3v) is 3.54. The molecule has 8 heteroatoms. The zero-order valence-corrected chi connectivity index (χ0v) is 13.1. The van der Waals surface area contributed by atoms with Crippen LogP contribution in [0.2, 0.25) is 0 Å². The molecule has 1 heterocycles. The second kappa shape index (κ2) is 7.59. The smallest absolute Gasteiger partial charge is 0.338 e. The van der Waals surface area contributed by atoms with E-state index in [0.717, 1.165) is 12.5 Å². The predicted octanol–water partition coefficient (Wildman–Crippen LogP) is 2.06. The molecule has 0 radical (unpaired) electrons. The van der Waals surface area contributed by atoms with Crippen LogP contribution in [-0.4, -0.2) is 29.6 Å². The van der Waals surface area contributed by atoms with E-state index >= 15 is 0 Å². The Morgan fingerprint density at radius 3 is 2.52 bits per heavy atom. The number of ether oxygens (including phenoxy) is 1. The molecule has 3 amide bonds. The van der Waals surface area contributed by atoms with E-state index in [0.29, 0.717) is 29.6 Å². The first kappa shape index (κ1) is 16.8. The van der Waals surface area contributed by atoms with Crippen LogP contribution in [0.5, 0.6) is 0 Å². The highest BCUT2D eigenvalue weighted by molar-refractivity contribution is 8.18. The third kappa shape index (κ3) is 4.68. The lowest BCUT2D eigenvalue weighted by atomic mass is 10.2. The Kier molecular flexibility index (Phi) is 5.53. The van der Waals surface area contributed by atoms with Gasteiger partial charge in [-0.25, -0.2) is 4.79 Å². The molecule has 23 heavy (non-hydrogen) atoms. The van der Waals surface area contributed by atoms with Crippen molar-refractivity contribution in [3.8, 4) is 0 Å². The molecular weight excluding hydrogens is 320 g/mol. The van der Waals surface area contributed by atoms with Gasteiger partial charge in [0, 0.05) is 11.8 Å². The highest BCUT2D eigenvalue weighted by Crippen LogP contribution is 2.22. The van der Waals surface area contributed by atoms with Crippen molar-refractivity contribution in [2.45, 2.75) is 13.3 Å². The largest absolute Gasteiger partial charge is 0.462 e. The van der Waals surface area contributed by atoms with Gasteiger partial charge < -0.3 is 10.1 Å². The molecule has 1 aromatic carbocycles. The molecule has 120 valence electrons. The molecule has 0 aliphatic carbocycles. The van der Waals surface area contributed by atoms with Crippen LogP contribution >= 0.6 is 11.8 Å². The Morgan fingerprint density at radius 2 is 1.96 bits per heavy atom. The number of esters is 1. The molecule has 2 rings (SSSR count). The van der Waals surface area contributed by atoms with E-state index in [2.05, 4.69) is 10.6 Å². The first-order valence-electron chi connectivity index (χ1n) is 6.82. The lowest BCUT2D eigenvalue weighted by Crippen LogP contribution is -2.18. The van der Waals surface area contributed by atoms with Gasteiger partial charge in [-0.3, -0.25) is 19.7 Å². The highest BCUT2D eigenvalue weighted by Gasteiger charge is 2.25. The maximum absolute atomic E-state index is 11.8. The van der Waals surface area contributed by atoms with E-state index in [1.54, 1.807) is 12.1 Å². The summed E-state index contributed by atoms with van der Waals surface area (Å²) < 4.78 is 4.99. The maximum Gasteiger partial charge on any atom is 0.338 e. The van der Waals surface area contributed by atoms with Crippen molar-refractivity contribution in [3.05, 3.63) is 40.8 Å². The number of benzene rings is 1. The predicted molar refractivity (Wildman–Crippen MR) is 84.9 cm³/mol. The monoisotopic (exact) mass is 334 g/mol. The van der Waals surface area contributed by atoms with Crippen LogP contribution in [0.15, 0.2) is 35.2 Å². The summed E-state index contributed by atoms with van der Waals surface area (Å²) in [6.45, 7) is 2.25. The first-order chi connectivity index (χ1) is 11.0. The highest BCUT2D eigenvalue weighted by atomic mass is 32.2. The summed E-state index contributed by atoms with van der Waals surface area (Å²) in [7, 11) is 0. The van der Waals surface area contributed by atoms with Crippen LogP contribution in [-0.2, 0) is 14.3 Å². The molecule has 1 aliphatic rings. The summed E-state index contributed by atoms with van der Waals surface area (Å²) in [6.07, 6.45) is 1.79. The SMILES string of the molecule is CCCOC(=O)c1ccc(NC(=O)/C=C2\SC(=O)NC2=O)cc1. The first-order valence-corrected chi connectivity index (χ1v) is 7.64. The van der Waals surface area contributed by atoms with Crippen molar-refractivity contribution < 1.29 is 23.9 Å². The van der Waals surface area contributed by atoms with Crippen molar-refractivity contribution >= 4 is 40.5 Å². The molecule has 1 aromatic rings. The van der Waals surface area contributed by atoms with Gasteiger partial charge in [0.2, 0.25) is 5.91 Å². The summed E-state index contributed by atoms with van der Waals surface area (Å²) in [5.41, 5.74) is 0.833. The summed E-state index contributed by atoms with van der Waals surface area (Å²) in [5, 5.41) is 4.09. The minimum Gasteiger partial charge on any atom is -0.462 e. The summed E-state index contributed by atoms with van der Waals surface area (Å²) >= 11 is 0.666. The zero-order valence-electron chi connectivity index (χ0n) is 12.3. The minimum atomic E-state index is -0.593. The number of hydrogen-bond donors (Lipinski definition) is 2. The molecule has 1 aliphatic heterocycles. The van der Waals surface area contributed by atoms with Crippen molar-refractivity contribution in [2.24, 2.45) is 0 Å². The Balaban J connectivity index is 1.97. The van der Waals surface area contributed by atoms with Crippen molar-refractivity contribution in [2.75, 3.05) is 11.9 Å². The Morgan fingerprint density at radius 1 is 1.26 bits per heavy atom. The summed E-state index contributed by atoms with van der Waals surface area (Å²) in [5.74, 6) is -1.56. The Labute approximate surface area is 136 Å². The number of thioether (sulfide) groups is 1. The molecule has 0 unspecified atom stereocenters. The lowest BCUT2D eigenvalue weighted by Gasteiger charge is -2.05. The Hall–Kier alpha value is -2.61. The topological polar surface area (TPSA) is 102 Å². The van der Waals surface area contributed by atoms with Gasteiger partial charge in [0.05, 0.1) is 17.1 Å². The number of nitrogens with one attached hydrogen (secondary N) is 2. The number of carbonyl (C=O) groups excluding carboxylic acids is 4. The average Bonchev–Trinajstić information content (AvgIpc) is 2.83. The van der Waals surface area contributed by atoms with Crippen LogP contribution in [0.25, 0.3) is 0 Å². The maximum atomic E-state index is 11.8. The van der Waals surface area contributed by atoms with Crippen LogP contribution in [0, 0.1) is 0 Å². The number of hydrogen-bond acceptors (Lipinski definition) is 6. The molecule has 0 spiro atoms. The summed E-state index contributed by atoms with van der Waals surface area (Å²) in [4.78, 5) is 45.8. The molecule has 2 N–H and O–H groups in total. The molecule has 0 aromatic heterocycles. The van der Waals surface area contributed by atoms with Gasteiger partial charge >= 0.3 is 5.97 Å². The van der Waals surface area contributed by atoms with Crippen LogP contribution in [0.3, 0.4) is 0 Å². The molecule has 0 bridgehead atoms. The molecule has 0 atom stereocenters. The lowest BCUT2D eigenvalue weighted by molar-refractivity contribution is -0.116. The normalized spacial score (nSPS) is 15.4. The van der Waals surface area contributed by atoms with Crippen LogP contribution in [0.4, 0.5) is 10.5 Å². The van der Waals surface area contributed by atoms with Gasteiger partial charge in [0.1, 0.15) is 0 Å². The number of imide groups is 1. The van der Waals surface area contributed by atoms with E-state index in [-0.39, 0.29) is 4.91 Å². The average molecular weight is 334 g/mol. The van der Waals surface area contributed by atoms with Crippen LogP contribution < -0.4 is 10.6 Å². The van der Waals surface area contributed by atoms with E-state index in [4.69, 9.17) is 4.74 Å². The molecular formula is C15H14N2O5S. The fraction of sp³-hybridized carbons (Fsp3) is 0.200. The standard InChI is InChI=1S/C15H14N2O5S/c1-2-7-22-14(20)9-3-5-10(6-4-9)16-12(18)8-11-13(19)17-15(21)23-11/h3-6,8H,2,7H2,1H3,(H,16,18)(H,17,19,21)/b11-8-. The van der Waals surface area contributed by atoms with Crippen LogP contribution in [0.1, 0.15) is 23.7 Å². The fourth-order valence-corrected chi connectivity index (χ4v) is 2.34. The molecule has 1 fully saturated rings. The second-order valence-electron chi connectivity index (χ2n) is 4.55. The van der Waals surface area contributed by atoms with Gasteiger partial charge in [0.25, 0.3) is 11.1 Å². The quantitative estimate of drug-likeness (QED) is 0.631. The number of anilines is 1. The Bertz CT molecular complexity index is 682. The molecule has 7 nitrogen and oxygen atoms in total. The number of rotatable bonds is 5. The fourth-order valence-electron chi connectivity index (χ4n) is 1.69. The molecule has 0 saturated carbocycles. The summed E-state index contributed by atoms with van der Waals surface area (Å²) in [6, 6.07) is 6.15. The van der Waals surface area contributed by atoms with E-state index in [1.165, 1.54) is 12.1 Å². The van der Waals surface area contributed by atoms with Crippen molar-refractivity contribution in [1.29, 1.82) is 0 Å². The third-order valence-electron chi connectivity index (χ3n) is 2.73. The van der Waals surface area contributed by atoms with Crippen molar-refractivity contribution in [3.63, 3.8) is 0 Å². The zero-order chi connectivity index (χ0) is 16.8. The molecule has 1 saturated heterocycles. The van der Waals surface area contributed by atoms with Gasteiger partial charge in [0.15, 0.2) is 0 Å². The van der Waals surface area contributed by atoms with Crippen molar-refractivity contribution in [1.82, 2.24) is 5.32 Å². The van der Waals surface area contributed by atoms with Gasteiger partial charge in [-0.1, -0.05) is 6.92 Å². The number of carbonyl (C=O) groups is 4. The second-order valence-corrected chi connectivity index (χ2v) is 5.57. The number of amides is 3.